The summed E-state index contributed by atoms with van der Waals surface area (Å²) in [4.78, 5) is 24.6. The molecule has 35 heavy (non-hydrogen) atoms. The van der Waals surface area contributed by atoms with Gasteiger partial charge in [0.25, 0.3) is 0 Å². The molecular formula is C26H19ClF2N4O2. The highest BCUT2D eigenvalue weighted by atomic mass is 35.5. The molecule has 0 fully saturated rings. The molecule has 0 atom stereocenters. The van der Waals surface area contributed by atoms with Crippen LogP contribution >= 0.6 is 11.6 Å². The molecule has 0 bridgehead atoms. The van der Waals surface area contributed by atoms with Crippen LogP contribution in [-0.2, 0) is 6.54 Å². The van der Waals surface area contributed by atoms with Crippen molar-refractivity contribution < 1.29 is 18.7 Å². The summed E-state index contributed by atoms with van der Waals surface area (Å²) in [5, 5.41) is 12.5. The van der Waals surface area contributed by atoms with Gasteiger partial charge < -0.3 is 10.4 Å². The van der Waals surface area contributed by atoms with Crippen molar-refractivity contribution in [2.45, 2.75) is 14.0 Å². The van der Waals surface area contributed by atoms with Crippen LogP contribution in [0.2, 0.25) is 5.02 Å². The number of aliphatic imine (C=N–C) groups is 1. The Balaban J connectivity index is 0.00000289. The van der Waals surface area contributed by atoms with E-state index in [-0.39, 0.29) is 36.8 Å². The number of rotatable bonds is 4. The third-order valence-corrected chi connectivity index (χ3v) is 5.59. The lowest BCUT2D eigenvalue weighted by atomic mass is 9.95. The van der Waals surface area contributed by atoms with E-state index in [9.17, 15) is 13.6 Å². The van der Waals surface area contributed by atoms with Crippen LogP contribution in [-0.4, -0.2) is 26.8 Å². The molecule has 1 aliphatic rings. The van der Waals surface area contributed by atoms with Gasteiger partial charge in [-0.05, 0) is 48.5 Å². The Bertz CT molecular complexity index is 1470. The molecule has 176 valence electrons. The van der Waals surface area contributed by atoms with Crippen LogP contribution in [0.25, 0.3) is 11.3 Å². The van der Waals surface area contributed by atoms with Crippen LogP contribution in [0.5, 0.6) is 0 Å². The molecule has 2 N–H and O–H groups in total. The Hall–Kier alpha value is -4.17. The highest BCUT2D eigenvalue weighted by Crippen LogP contribution is 2.34. The van der Waals surface area contributed by atoms with E-state index in [0.29, 0.717) is 33.1 Å². The molecule has 3 aromatic carbocycles. The predicted molar refractivity (Wildman–Crippen MR) is 132 cm³/mol. The predicted octanol–water partition coefficient (Wildman–Crippen LogP) is 6.50. The van der Waals surface area contributed by atoms with Gasteiger partial charge in [0.05, 0.1) is 23.5 Å². The molecule has 0 saturated heterocycles. The molecule has 0 radical (unpaired) electrons. The zero-order valence-corrected chi connectivity index (χ0v) is 18.1. The van der Waals surface area contributed by atoms with Gasteiger partial charge in [0, 0.05) is 39.2 Å². The first-order valence-electron chi connectivity index (χ1n) is 10.2. The summed E-state index contributed by atoms with van der Waals surface area (Å²) >= 11 is 6.24. The second kappa shape index (κ2) is 9.60. The minimum Gasteiger partial charge on any atom is -0.478 e. The molecule has 6 nitrogen and oxygen atoms in total. The Morgan fingerprint density at radius 2 is 1.77 bits per heavy atom. The number of nitrogens with zero attached hydrogens (tertiary/aromatic N) is 3. The summed E-state index contributed by atoms with van der Waals surface area (Å²) < 4.78 is 28.6. The quantitative estimate of drug-likeness (QED) is 0.339. The summed E-state index contributed by atoms with van der Waals surface area (Å²) in [7, 11) is 0. The van der Waals surface area contributed by atoms with Crippen molar-refractivity contribution in [3.8, 4) is 11.3 Å². The number of hydrogen-bond acceptors (Lipinski definition) is 5. The molecule has 0 aliphatic carbocycles. The van der Waals surface area contributed by atoms with Crippen molar-refractivity contribution in [2.24, 2.45) is 4.99 Å². The summed E-state index contributed by atoms with van der Waals surface area (Å²) in [5.41, 5.74) is 3.50. The molecule has 1 aliphatic heterocycles. The van der Waals surface area contributed by atoms with Crippen molar-refractivity contribution in [2.75, 3.05) is 5.32 Å². The minimum atomic E-state index is -1.02. The number of fused-ring (bicyclic) bond motifs is 3. The summed E-state index contributed by atoms with van der Waals surface area (Å²) in [5.74, 6) is -2.70. The third kappa shape index (κ3) is 4.61. The normalized spacial score (nSPS) is 11.9. The fourth-order valence-electron chi connectivity index (χ4n) is 3.73. The molecule has 0 saturated carbocycles. The van der Waals surface area contributed by atoms with Gasteiger partial charge in [-0.15, -0.1) is 0 Å². The van der Waals surface area contributed by atoms with Gasteiger partial charge in [0.15, 0.2) is 11.6 Å². The monoisotopic (exact) mass is 492 g/mol. The average Bonchev–Trinajstić information content (AvgIpc) is 2.98. The molecule has 0 unspecified atom stereocenters. The van der Waals surface area contributed by atoms with Gasteiger partial charge in [0.2, 0.25) is 5.95 Å². The molecule has 9 heteroatoms. The number of anilines is 2. The zero-order valence-electron chi connectivity index (χ0n) is 17.4. The Labute approximate surface area is 205 Å². The first-order chi connectivity index (χ1) is 16.4. The minimum absolute atomic E-state index is 0. The number of nitrogens with one attached hydrogen (secondary N) is 1. The Morgan fingerprint density at radius 1 is 1.00 bits per heavy atom. The van der Waals surface area contributed by atoms with Crippen molar-refractivity contribution in [1.82, 2.24) is 9.97 Å². The molecule has 5 rings (SSSR count). The number of halogens is 3. The number of aromatic nitrogens is 2. The first-order valence-corrected chi connectivity index (χ1v) is 10.5. The lowest BCUT2D eigenvalue weighted by molar-refractivity contribution is 0.0697. The number of benzene rings is 3. The lowest BCUT2D eigenvalue weighted by Crippen LogP contribution is -2.08. The number of hydrogen-bond donors (Lipinski definition) is 2. The van der Waals surface area contributed by atoms with Gasteiger partial charge in [-0.25, -0.2) is 23.5 Å². The fraction of sp³-hybridized carbons (Fsp3) is 0.0769. The maximum atomic E-state index is 14.7. The van der Waals surface area contributed by atoms with Crippen molar-refractivity contribution in [3.63, 3.8) is 0 Å². The van der Waals surface area contributed by atoms with E-state index in [0.717, 1.165) is 6.07 Å². The van der Waals surface area contributed by atoms with Crippen LogP contribution in [0.4, 0.5) is 20.4 Å². The summed E-state index contributed by atoms with van der Waals surface area (Å²) in [6, 6.07) is 15.2. The van der Waals surface area contributed by atoms with Crippen LogP contribution in [0.3, 0.4) is 0 Å². The third-order valence-electron chi connectivity index (χ3n) is 5.36. The van der Waals surface area contributed by atoms with Crippen LogP contribution in [0, 0.1) is 11.6 Å². The van der Waals surface area contributed by atoms with E-state index in [1.54, 1.807) is 36.5 Å². The van der Waals surface area contributed by atoms with E-state index in [1.165, 1.54) is 24.3 Å². The summed E-state index contributed by atoms with van der Waals surface area (Å²) in [6.45, 7) is 0.153. The maximum absolute atomic E-state index is 14.7. The van der Waals surface area contributed by atoms with E-state index in [1.807, 2.05) is 0 Å². The van der Waals surface area contributed by atoms with Crippen LogP contribution in [0.1, 0.15) is 34.5 Å². The number of carboxylic acid groups (broad SMARTS) is 1. The number of aromatic carboxylic acids is 1. The van der Waals surface area contributed by atoms with Gasteiger partial charge in [-0.3, -0.25) is 4.99 Å². The van der Waals surface area contributed by atoms with E-state index < -0.39 is 17.6 Å². The molecular weight excluding hydrogens is 474 g/mol. The van der Waals surface area contributed by atoms with E-state index >= 15 is 0 Å². The molecule has 0 spiro atoms. The standard InChI is InChI=1S/C25H15ClF2N4O2.CH4/c26-15-6-9-17-19(10-15)23(18-2-1-3-20(27)21(18)28)29-11-14-12-30-25(32-22(14)17)31-16-7-4-13(5-8-16)24(33)34;/h1-10,12H,11H2,(H,33,34)(H,30,31,32);1H4. The molecule has 1 aromatic heterocycles. The smallest absolute Gasteiger partial charge is 0.335 e. The lowest BCUT2D eigenvalue weighted by Gasteiger charge is -2.13. The second-order valence-electron chi connectivity index (χ2n) is 7.53. The average molecular weight is 493 g/mol. The SMILES string of the molecule is C.O=C(O)c1ccc(Nc2ncc3c(n2)-c2ccc(Cl)cc2C(c2cccc(F)c2F)=NC3)cc1. The van der Waals surface area contributed by atoms with Crippen molar-refractivity contribution in [3.05, 3.63) is 106 Å². The van der Waals surface area contributed by atoms with Crippen LogP contribution < -0.4 is 5.32 Å². The van der Waals surface area contributed by atoms with Crippen LogP contribution in [0.15, 0.2) is 71.9 Å². The van der Waals surface area contributed by atoms with E-state index in [4.69, 9.17) is 16.7 Å². The largest absolute Gasteiger partial charge is 0.478 e. The Morgan fingerprint density at radius 3 is 2.51 bits per heavy atom. The van der Waals surface area contributed by atoms with Gasteiger partial charge in [0.1, 0.15) is 0 Å². The Kier molecular flexibility index (Phi) is 6.57. The molecule has 0 amide bonds. The van der Waals surface area contributed by atoms with Crippen molar-refractivity contribution in [1.29, 1.82) is 0 Å². The molecule has 4 aromatic rings. The number of carbonyl (C=O) groups is 1. The maximum Gasteiger partial charge on any atom is 0.335 e. The van der Waals surface area contributed by atoms with Gasteiger partial charge >= 0.3 is 5.97 Å². The highest BCUT2D eigenvalue weighted by molar-refractivity contribution is 6.31. The fourth-order valence-corrected chi connectivity index (χ4v) is 3.90. The second-order valence-corrected chi connectivity index (χ2v) is 7.97. The van der Waals surface area contributed by atoms with Crippen molar-refractivity contribution >= 4 is 34.9 Å². The van der Waals surface area contributed by atoms with E-state index in [2.05, 4.69) is 20.3 Å². The number of carboxylic acids is 1. The topological polar surface area (TPSA) is 87.5 Å². The zero-order chi connectivity index (χ0) is 23.8. The van der Waals surface area contributed by atoms with Gasteiger partial charge in [-0.2, -0.15) is 0 Å². The molecule has 2 heterocycles. The first kappa shape index (κ1) is 24.0. The summed E-state index contributed by atoms with van der Waals surface area (Å²) in [6.07, 6.45) is 1.61. The van der Waals surface area contributed by atoms with Gasteiger partial charge in [-0.1, -0.05) is 31.2 Å². The highest BCUT2D eigenvalue weighted by Gasteiger charge is 2.24.